The number of nitrogens with one attached hydrogen (secondary N) is 1. The summed E-state index contributed by atoms with van der Waals surface area (Å²) >= 11 is 7.84. The summed E-state index contributed by atoms with van der Waals surface area (Å²) in [5.41, 5.74) is 5.70. The van der Waals surface area contributed by atoms with E-state index < -0.39 is 0 Å². The fourth-order valence-corrected chi connectivity index (χ4v) is 4.75. The van der Waals surface area contributed by atoms with Gasteiger partial charge in [-0.25, -0.2) is 0 Å². The number of rotatable bonds is 7. The molecule has 174 valence electrons. The molecule has 0 spiro atoms. The maximum atomic E-state index is 13.2. The molecule has 0 aliphatic heterocycles. The third-order valence-electron chi connectivity index (χ3n) is 5.54. The average molecular weight is 492 g/mol. The van der Waals surface area contributed by atoms with Crippen molar-refractivity contribution in [3.05, 3.63) is 82.6 Å². The summed E-state index contributed by atoms with van der Waals surface area (Å²) < 4.78 is 1.94. The van der Waals surface area contributed by atoms with E-state index in [0.717, 1.165) is 33.6 Å². The van der Waals surface area contributed by atoms with Gasteiger partial charge in [0, 0.05) is 28.7 Å². The lowest BCUT2D eigenvalue weighted by Gasteiger charge is -2.17. The quantitative estimate of drug-likeness (QED) is 0.302. The predicted octanol–water partition coefficient (Wildman–Crippen LogP) is 6.42. The van der Waals surface area contributed by atoms with Crippen molar-refractivity contribution in [1.82, 2.24) is 19.7 Å². The Bertz CT molecular complexity index is 1320. The molecule has 8 heteroatoms. The molecule has 4 rings (SSSR count). The highest BCUT2D eigenvalue weighted by Crippen LogP contribution is 2.33. The first kappa shape index (κ1) is 24.0. The van der Waals surface area contributed by atoms with Gasteiger partial charge in [0.2, 0.25) is 5.91 Å². The molecule has 2 aromatic heterocycles. The Morgan fingerprint density at radius 2 is 1.79 bits per heavy atom. The van der Waals surface area contributed by atoms with Gasteiger partial charge in [-0.3, -0.25) is 14.3 Å². The van der Waals surface area contributed by atoms with Crippen LogP contribution in [0.5, 0.6) is 0 Å². The fraction of sp³-hybridized carbons (Fsp3) is 0.231. The molecule has 0 saturated carbocycles. The van der Waals surface area contributed by atoms with E-state index in [9.17, 15) is 4.79 Å². The maximum absolute atomic E-state index is 13.2. The van der Waals surface area contributed by atoms with Gasteiger partial charge in [0.25, 0.3) is 0 Å². The first-order valence-electron chi connectivity index (χ1n) is 11.0. The zero-order valence-electron chi connectivity index (χ0n) is 19.5. The third-order valence-corrected chi connectivity index (χ3v) is 7.25. The molecule has 0 saturated heterocycles. The van der Waals surface area contributed by atoms with Crippen molar-refractivity contribution in [1.29, 1.82) is 0 Å². The summed E-state index contributed by atoms with van der Waals surface area (Å²) in [6.07, 6.45) is 4.07. The first-order valence-corrected chi connectivity index (χ1v) is 12.3. The molecule has 34 heavy (non-hydrogen) atoms. The molecule has 0 bridgehead atoms. The van der Waals surface area contributed by atoms with Crippen LogP contribution < -0.4 is 5.32 Å². The van der Waals surface area contributed by atoms with Gasteiger partial charge in [0.1, 0.15) is 0 Å². The second-order valence-electron chi connectivity index (χ2n) is 8.13. The van der Waals surface area contributed by atoms with Gasteiger partial charge in [-0.2, -0.15) is 0 Å². The summed E-state index contributed by atoms with van der Waals surface area (Å²) in [4.78, 5) is 17.3. The highest BCUT2D eigenvalue weighted by Gasteiger charge is 2.24. The second kappa shape index (κ2) is 10.4. The van der Waals surface area contributed by atoms with E-state index in [0.29, 0.717) is 22.4 Å². The van der Waals surface area contributed by atoms with Gasteiger partial charge in [-0.05, 0) is 68.7 Å². The number of benzene rings is 2. The van der Waals surface area contributed by atoms with Gasteiger partial charge < -0.3 is 5.32 Å². The topological polar surface area (TPSA) is 72.7 Å². The van der Waals surface area contributed by atoms with Crippen molar-refractivity contribution in [2.24, 2.45) is 0 Å². The minimum Gasteiger partial charge on any atom is -0.325 e. The summed E-state index contributed by atoms with van der Waals surface area (Å²) in [5.74, 6) is 0.593. The molecule has 4 aromatic rings. The van der Waals surface area contributed by atoms with Gasteiger partial charge in [-0.1, -0.05) is 54.0 Å². The SMILES string of the molecule is CCC(Sc1nnc(-c2ccncc2)n1-c1ccc(C)c(Cl)c1)C(=O)Nc1ccc(C)cc1C. The van der Waals surface area contributed by atoms with Crippen LogP contribution in [0.25, 0.3) is 17.1 Å². The van der Waals surface area contributed by atoms with Gasteiger partial charge in [-0.15, -0.1) is 10.2 Å². The van der Waals surface area contributed by atoms with E-state index >= 15 is 0 Å². The van der Waals surface area contributed by atoms with Crippen molar-refractivity contribution < 1.29 is 4.79 Å². The van der Waals surface area contributed by atoms with Crippen LogP contribution in [0.1, 0.15) is 30.0 Å². The highest BCUT2D eigenvalue weighted by molar-refractivity contribution is 8.00. The number of anilines is 1. The number of carbonyl (C=O) groups excluding carboxylic acids is 1. The lowest BCUT2D eigenvalue weighted by molar-refractivity contribution is -0.115. The van der Waals surface area contributed by atoms with Crippen LogP contribution in [-0.2, 0) is 4.79 Å². The number of aryl methyl sites for hydroxylation is 3. The van der Waals surface area contributed by atoms with Crippen LogP contribution in [0.15, 0.2) is 66.1 Å². The Hall–Kier alpha value is -3.16. The summed E-state index contributed by atoms with van der Waals surface area (Å²) in [6, 6.07) is 15.6. The minimum atomic E-state index is -0.352. The lowest BCUT2D eigenvalue weighted by Crippen LogP contribution is -2.25. The van der Waals surface area contributed by atoms with Crippen LogP contribution in [0, 0.1) is 20.8 Å². The highest BCUT2D eigenvalue weighted by atomic mass is 35.5. The first-order chi connectivity index (χ1) is 16.4. The van der Waals surface area contributed by atoms with E-state index in [1.807, 2.05) is 74.7 Å². The number of amides is 1. The molecular formula is C26H26ClN5OS. The van der Waals surface area contributed by atoms with Crippen LogP contribution in [0.3, 0.4) is 0 Å². The molecule has 6 nitrogen and oxygen atoms in total. The lowest BCUT2D eigenvalue weighted by atomic mass is 10.1. The van der Waals surface area contributed by atoms with Crippen LogP contribution >= 0.6 is 23.4 Å². The van der Waals surface area contributed by atoms with Crippen LogP contribution in [0.4, 0.5) is 5.69 Å². The van der Waals surface area contributed by atoms with Crippen LogP contribution in [-0.4, -0.2) is 30.9 Å². The molecule has 0 aliphatic rings. The Morgan fingerprint density at radius 1 is 1.03 bits per heavy atom. The number of halogens is 1. The molecule has 1 N–H and O–H groups in total. The standard InChI is InChI=1S/C26H26ClN5OS/c1-5-23(25(33)29-22-9-6-16(2)14-18(22)4)34-26-31-30-24(19-10-12-28-13-11-19)32(26)20-8-7-17(3)21(27)15-20/h6-15,23H,5H2,1-4H3,(H,29,33). The molecule has 1 atom stereocenters. The zero-order chi connectivity index (χ0) is 24.2. The third kappa shape index (κ3) is 5.16. The molecule has 0 aliphatic carbocycles. The van der Waals surface area contributed by atoms with E-state index in [1.165, 1.54) is 11.8 Å². The van der Waals surface area contributed by atoms with Crippen molar-refractivity contribution in [2.75, 3.05) is 5.32 Å². The number of thioether (sulfide) groups is 1. The summed E-state index contributed by atoms with van der Waals surface area (Å²) in [6.45, 7) is 7.98. The Kier molecular flexibility index (Phi) is 7.34. The van der Waals surface area contributed by atoms with Gasteiger partial charge >= 0.3 is 0 Å². The summed E-state index contributed by atoms with van der Waals surface area (Å²) in [5, 5.41) is 12.9. The smallest absolute Gasteiger partial charge is 0.237 e. The Balaban J connectivity index is 1.69. The fourth-order valence-electron chi connectivity index (χ4n) is 3.60. The number of carbonyl (C=O) groups is 1. The van der Waals surface area contributed by atoms with Crippen molar-refractivity contribution in [2.45, 2.75) is 44.5 Å². The van der Waals surface area contributed by atoms with E-state index in [1.54, 1.807) is 12.4 Å². The number of nitrogens with zero attached hydrogens (tertiary/aromatic N) is 4. The maximum Gasteiger partial charge on any atom is 0.237 e. The zero-order valence-corrected chi connectivity index (χ0v) is 21.1. The molecule has 1 unspecified atom stereocenters. The summed E-state index contributed by atoms with van der Waals surface area (Å²) in [7, 11) is 0. The van der Waals surface area contributed by atoms with Gasteiger partial charge in [0.15, 0.2) is 11.0 Å². The molecule has 0 fully saturated rings. The second-order valence-corrected chi connectivity index (χ2v) is 9.71. The average Bonchev–Trinajstić information content (AvgIpc) is 3.25. The van der Waals surface area contributed by atoms with E-state index in [4.69, 9.17) is 11.6 Å². The minimum absolute atomic E-state index is 0.0681. The largest absolute Gasteiger partial charge is 0.325 e. The monoisotopic (exact) mass is 491 g/mol. The normalized spacial score (nSPS) is 11.9. The number of aromatic nitrogens is 4. The van der Waals surface area contributed by atoms with Crippen molar-refractivity contribution in [3.63, 3.8) is 0 Å². The molecular weight excluding hydrogens is 466 g/mol. The Morgan fingerprint density at radius 3 is 2.47 bits per heavy atom. The van der Waals surface area contributed by atoms with Crippen LogP contribution in [0.2, 0.25) is 5.02 Å². The van der Waals surface area contributed by atoms with Crippen molar-refractivity contribution in [3.8, 4) is 17.1 Å². The van der Waals surface area contributed by atoms with E-state index in [-0.39, 0.29) is 11.2 Å². The predicted molar refractivity (Wildman–Crippen MR) is 139 cm³/mol. The number of pyridine rings is 1. The molecule has 0 radical (unpaired) electrons. The van der Waals surface area contributed by atoms with E-state index in [2.05, 4.69) is 26.6 Å². The molecule has 1 amide bonds. The van der Waals surface area contributed by atoms with Gasteiger partial charge in [0.05, 0.1) is 10.9 Å². The Labute approximate surface area is 208 Å². The number of hydrogen-bond acceptors (Lipinski definition) is 5. The number of hydrogen-bond donors (Lipinski definition) is 1. The molecule has 2 heterocycles. The molecule has 2 aromatic carbocycles. The van der Waals surface area contributed by atoms with Crippen molar-refractivity contribution >= 4 is 35.0 Å².